The Balaban J connectivity index is 1.96. The minimum absolute atomic E-state index is 0.0103. The largest absolute Gasteiger partial charge is 0.506 e. The van der Waals surface area contributed by atoms with Crippen LogP contribution in [0.4, 0.5) is 5.69 Å². The van der Waals surface area contributed by atoms with Crippen molar-refractivity contribution in [1.29, 1.82) is 0 Å². The van der Waals surface area contributed by atoms with Crippen LogP contribution < -0.4 is 11.1 Å². The Kier molecular flexibility index (Phi) is 4.82. The van der Waals surface area contributed by atoms with E-state index in [0.717, 1.165) is 30.2 Å². The van der Waals surface area contributed by atoms with Gasteiger partial charge in [-0.25, -0.2) is 0 Å². The highest BCUT2D eigenvalue weighted by atomic mass is 79.9. The molecule has 1 aliphatic rings. The van der Waals surface area contributed by atoms with Crippen LogP contribution in [0.15, 0.2) is 22.7 Å². The van der Waals surface area contributed by atoms with Gasteiger partial charge in [0.15, 0.2) is 0 Å². The zero-order valence-electron chi connectivity index (χ0n) is 10.7. The molecule has 1 amide bonds. The zero-order valence-corrected chi connectivity index (χ0v) is 12.3. The minimum atomic E-state index is -0.0103. The standard InChI is InChI=1S/C14H19BrN2O2/c15-11-5-6-13(18)12(7-11)17-14(19)10-3-1-9(8-16)2-4-10/h5-7,9-10,18H,1-4,8,16H2,(H,17,19). The third-order valence-electron chi connectivity index (χ3n) is 3.77. The highest BCUT2D eigenvalue weighted by molar-refractivity contribution is 9.10. The van der Waals surface area contributed by atoms with Crippen LogP contribution in [-0.4, -0.2) is 17.6 Å². The number of halogens is 1. The molecule has 5 heteroatoms. The molecule has 1 aliphatic carbocycles. The highest BCUT2D eigenvalue weighted by Gasteiger charge is 2.26. The van der Waals surface area contributed by atoms with E-state index in [0.29, 0.717) is 18.2 Å². The molecule has 1 fully saturated rings. The molecule has 2 rings (SSSR count). The Hall–Kier alpha value is -1.07. The molecule has 0 radical (unpaired) electrons. The molecule has 0 atom stereocenters. The summed E-state index contributed by atoms with van der Waals surface area (Å²) in [6.07, 6.45) is 3.78. The third-order valence-corrected chi connectivity index (χ3v) is 4.26. The Bertz CT molecular complexity index is 457. The van der Waals surface area contributed by atoms with Crippen LogP contribution in [0.3, 0.4) is 0 Å². The van der Waals surface area contributed by atoms with Crippen LogP contribution in [-0.2, 0) is 4.79 Å². The number of anilines is 1. The fourth-order valence-corrected chi connectivity index (χ4v) is 2.86. The summed E-state index contributed by atoms with van der Waals surface area (Å²) in [6.45, 7) is 0.709. The van der Waals surface area contributed by atoms with Gasteiger partial charge in [0.25, 0.3) is 0 Å². The van der Waals surface area contributed by atoms with Crippen LogP contribution in [0, 0.1) is 11.8 Å². The SMILES string of the molecule is NCC1CCC(C(=O)Nc2cc(Br)ccc2O)CC1. The van der Waals surface area contributed by atoms with Crippen molar-refractivity contribution < 1.29 is 9.90 Å². The summed E-state index contributed by atoms with van der Waals surface area (Å²) < 4.78 is 0.826. The van der Waals surface area contributed by atoms with Gasteiger partial charge in [-0.1, -0.05) is 15.9 Å². The molecule has 0 bridgehead atoms. The number of hydrogen-bond acceptors (Lipinski definition) is 3. The van der Waals surface area contributed by atoms with Gasteiger partial charge in [0.05, 0.1) is 5.69 Å². The molecule has 1 aromatic carbocycles. The molecule has 0 aromatic heterocycles. The van der Waals surface area contributed by atoms with Crippen LogP contribution in [0.2, 0.25) is 0 Å². The van der Waals surface area contributed by atoms with E-state index in [4.69, 9.17) is 5.73 Å². The van der Waals surface area contributed by atoms with E-state index in [1.165, 1.54) is 0 Å². The van der Waals surface area contributed by atoms with Gasteiger partial charge in [-0.2, -0.15) is 0 Å². The van der Waals surface area contributed by atoms with Gasteiger partial charge in [0.2, 0.25) is 5.91 Å². The van der Waals surface area contributed by atoms with Crippen LogP contribution in [0.25, 0.3) is 0 Å². The van der Waals surface area contributed by atoms with Gasteiger partial charge < -0.3 is 16.2 Å². The summed E-state index contributed by atoms with van der Waals surface area (Å²) in [5, 5.41) is 12.5. The van der Waals surface area contributed by atoms with Gasteiger partial charge in [0, 0.05) is 10.4 Å². The van der Waals surface area contributed by atoms with Crippen molar-refractivity contribution in [3.63, 3.8) is 0 Å². The Morgan fingerprint density at radius 3 is 2.68 bits per heavy atom. The number of hydrogen-bond donors (Lipinski definition) is 3. The summed E-state index contributed by atoms with van der Waals surface area (Å²) in [5.41, 5.74) is 6.10. The number of nitrogens with one attached hydrogen (secondary N) is 1. The molecule has 0 saturated heterocycles. The van der Waals surface area contributed by atoms with Crippen molar-refractivity contribution >= 4 is 27.5 Å². The number of aromatic hydroxyl groups is 1. The van der Waals surface area contributed by atoms with E-state index in [1.807, 2.05) is 0 Å². The summed E-state index contributed by atoms with van der Waals surface area (Å²) in [6, 6.07) is 5.00. The predicted molar refractivity (Wildman–Crippen MR) is 78.9 cm³/mol. The lowest BCUT2D eigenvalue weighted by molar-refractivity contribution is -0.121. The number of amides is 1. The lowest BCUT2D eigenvalue weighted by Gasteiger charge is -2.26. The summed E-state index contributed by atoms with van der Waals surface area (Å²) in [4.78, 5) is 12.2. The quantitative estimate of drug-likeness (QED) is 0.747. The van der Waals surface area contributed by atoms with Crippen molar-refractivity contribution in [2.45, 2.75) is 25.7 Å². The number of rotatable bonds is 3. The van der Waals surface area contributed by atoms with Gasteiger partial charge in [-0.15, -0.1) is 0 Å². The molecular weight excluding hydrogens is 308 g/mol. The smallest absolute Gasteiger partial charge is 0.227 e. The summed E-state index contributed by atoms with van der Waals surface area (Å²) >= 11 is 3.32. The second-order valence-corrected chi connectivity index (χ2v) is 6.02. The number of nitrogens with two attached hydrogens (primary N) is 1. The fourth-order valence-electron chi connectivity index (χ4n) is 2.50. The Morgan fingerprint density at radius 1 is 1.37 bits per heavy atom. The number of carbonyl (C=O) groups excluding carboxylic acids is 1. The van der Waals surface area contributed by atoms with Gasteiger partial charge >= 0.3 is 0 Å². The third kappa shape index (κ3) is 3.70. The van der Waals surface area contributed by atoms with E-state index in [1.54, 1.807) is 18.2 Å². The normalized spacial score (nSPS) is 23.1. The Morgan fingerprint density at radius 2 is 2.05 bits per heavy atom. The van der Waals surface area contributed by atoms with E-state index < -0.39 is 0 Å². The minimum Gasteiger partial charge on any atom is -0.506 e. The maximum atomic E-state index is 12.2. The number of phenolic OH excluding ortho intramolecular Hbond substituents is 1. The van der Waals surface area contributed by atoms with E-state index in [2.05, 4.69) is 21.2 Å². The van der Waals surface area contributed by atoms with Crippen molar-refractivity contribution in [2.75, 3.05) is 11.9 Å². The number of carbonyl (C=O) groups is 1. The molecular formula is C14H19BrN2O2. The molecule has 0 spiro atoms. The van der Waals surface area contributed by atoms with Crippen molar-refractivity contribution in [1.82, 2.24) is 0 Å². The van der Waals surface area contributed by atoms with Crippen LogP contribution in [0.5, 0.6) is 5.75 Å². The van der Waals surface area contributed by atoms with Gasteiger partial charge in [-0.3, -0.25) is 4.79 Å². The first-order valence-corrected chi connectivity index (χ1v) is 7.39. The lowest BCUT2D eigenvalue weighted by Crippen LogP contribution is -2.29. The highest BCUT2D eigenvalue weighted by Crippen LogP contribution is 2.31. The first kappa shape index (κ1) is 14.3. The molecule has 19 heavy (non-hydrogen) atoms. The lowest BCUT2D eigenvalue weighted by atomic mass is 9.81. The molecule has 1 saturated carbocycles. The number of phenols is 1. The van der Waals surface area contributed by atoms with Gasteiger partial charge in [0.1, 0.15) is 5.75 Å². The monoisotopic (exact) mass is 326 g/mol. The topological polar surface area (TPSA) is 75.4 Å². The van der Waals surface area contributed by atoms with E-state index in [9.17, 15) is 9.90 Å². The van der Waals surface area contributed by atoms with Crippen molar-refractivity contribution in [3.05, 3.63) is 22.7 Å². The molecule has 0 unspecified atom stereocenters. The fraction of sp³-hybridized carbons (Fsp3) is 0.500. The molecule has 0 aliphatic heterocycles. The van der Waals surface area contributed by atoms with E-state index in [-0.39, 0.29) is 17.6 Å². The first-order valence-electron chi connectivity index (χ1n) is 6.59. The average molecular weight is 327 g/mol. The molecule has 0 heterocycles. The first-order chi connectivity index (χ1) is 9.10. The maximum absolute atomic E-state index is 12.2. The molecule has 104 valence electrons. The van der Waals surface area contributed by atoms with Crippen molar-refractivity contribution in [2.24, 2.45) is 17.6 Å². The van der Waals surface area contributed by atoms with Crippen molar-refractivity contribution in [3.8, 4) is 5.75 Å². The van der Waals surface area contributed by atoms with E-state index >= 15 is 0 Å². The Labute approximate surface area is 121 Å². The van der Waals surface area contributed by atoms with Gasteiger partial charge in [-0.05, 0) is 56.3 Å². The zero-order chi connectivity index (χ0) is 13.8. The predicted octanol–water partition coefficient (Wildman–Crippen LogP) is 2.86. The molecule has 4 nitrogen and oxygen atoms in total. The maximum Gasteiger partial charge on any atom is 0.227 e. The molecule has 1 aromatic rings. The second-order valence-electron chi connectivity index (χ2n) is 5.10. The summed E-state index contributed by atoms with van der Waals surface area (Å²) in [5.74, 6) is 0.667. The van der Waals surface area contributed by atoms with Crippen LogP contribution in [0.1, 0.15) is 25.7 Å². The van der Waals surface area contributed by atoms with Crippen LogP contribution >= 0.6 is 15.9 Å². The number of benzene rings is 1. The second kappa shape index (κ2) is 6.39. The molecule has 4 N–H and O–H groups in total. The average Bonchev–Trinajstić information content (AvgIpc) is 2.43. The summed E-state index contributed by atoms with van der Waals surface area (Å²) in [7, 11) is 0.